The highest BCUT2D eigenvalue weighted by Gasteiger charge is 2.47. The lowest BCUT2D eigenvalue weighted by Gasteiger charge is -2.41. The van der Waals surface area contributed by atoms with Gasteiger partial charge in [0.05, 0.1) is 18.3 Å². The highest BCUT2D eigenvalue weighted by atomic mass is 32.2. The average Bonchev–Trinajstić information content (AvgIpc) is 0.809. The Bertz CT molecular complexity index is 2700. The Morgan fingerprint density at radius 1 is 0.505 bits per heavy atom. The standard InChI is InChI=1S/C71H129N13O14S/c1-25-27-28-47(13)59(86)58-63(90)74-50(26-2)65(92)80(22)55(41-99-36-34-84-31-29-83(30-32-84)33-35-85)68(95)79(21)54(40-71(16,17)98)62(89)75-56(45(9)10)69(96)76(18)51(37-42(3)4)61(88)72-48(14)60(87)73-49(15)64(91)77(19)52(38-43(5)6)66(93)78(20)53(39-44(7)8)67(94)81(23)57(46(11)12)70(97)82(58)24/h25,27,42-59,85-86,98H,26,28-41H2,1-24H3,(H,72,88)(H,73,87)(H,74,90)(H,75,89)/b27-25+/t47-,48+,49-,50+,51+,52+,53+,54+,55-,56+,57+,58+,59-/m1/s1. The molecular weight excluding hydrogens is 1290 g/mol. The van der Waals surface area contributed by atoms with Gasteiger partial charge in [-0.2, -0.15) is 11.8 Å². The maximum absolute atomic E-state index is 15.5. The van der Waals surface area contributed by atoms with Crippen molar-refractivity contribution in [2.24, 2.45) is 35.5 Å². The van der Waals surface area contributed by atoms with E-state index in [9.17, 15) is 34.5 Å². The van der Waals surface area contributed by atoms with E-state index in [1.807, 2.05) is 41.5 Å². The monoisotopic (exact) mass is 1420 g/mol. The Balaban J connectivity index is 3.12. The smallest absolute Gasteiger partial charge is 0.246 e. The van der Waals surface area contributed by atoms with E-state index >= 15 is 33.6 Å². The van der Waals surface area contributed by atoms with Crippen LogP contribution in [-0.4, -0.2) is 309 Å². The Kier molecular flexibility index (Phi) is 37.1. The number of β-amino-alcohol motifs (C(OH)–C–C–N with tert-alkyl or cyclic N) is 1. The molecule has 0 aromatic rings. The Morgan fingerprint density at radius 2 is 0.939 bits per heavy atom. The summed E-state index contributed by atoms with van der Waals surface area (Å²) in [7, 11) is 9.87. The minimum atomic E-state index is -1.67. The van der Waals surface area contributed by atoms with Crippen LogP contribution < -0.4 is 21.3 Å². The number of aliphatic hydroxyl groups is 3. The van der Waals surface area contributed by atoms with E-state index in [4.69, 9.17) is 0 Å². The maximum Gasteiger partial charge on any atom is 0.246 e. The fraction of sp³-hybridized carbons (Fsp3) is 0.817. The van der Waals surface area contributed by atoms with Gasteiger partial charge in [-0.05, 0) is 102 Å². The lowest BCUT2D eigenvalue weighted by Crippen LogP contribution is -2.64. The topological polar surface area (TPSA) is 326 Å². The number of amides is 11. The van der Waals surface area contributed by atoms with Crippen molar-refractivity contribution in [1.29, 1.82) is 0 Å². The molecule has 2 rings (SSSR count). The first kappa shape index (κ1) is 89.1. The second kappa shape index (κ2) is 41.2. The number of carbonyl (C=O) groups excluding carboxylic acids is 11. The van der Waals surface area contributed by atoms with Gasteiger partial charge >= 0.3 is 0 Å². The van der Waals surface area contributed by atoms with Crippen LogP contribution in [0.4, 0.5) is 0 Å². The minimum absolute atomic E-state index is 0.00677. The van der Waals surface area contributed by atoms with Crippen LogP contribution in [-0.2, 0) is 52.7 Å². The van der Waals surface area contributed by atoms with E-state index < -0.39 is 161 Å². The summed E-state index contributed by atoms with van der Waals surface area (Å²) < 4.78 is 0. The number of hydrogen-bond acceptors (Lipinski definition) is 17. The number of thioether (sulfide) groups is 1. The summed E-state index contributed by atoms with van der Waals surface area (Å²) in [4.78, 5) is 178. The zero-order valence-electron chi connectivity index (χ0n) is 64.4. The Morgan fingerprint density at radius 3 is 1.41 bits per heavy atom. The van der Waals surface area contributed by atoms with E-state index in [1.165, 1.54) is 113 Å². The van der Waals surface area contributed by atoms with Crippen molar-refractivity contribution in [3.63, 3.8) is 0 Å². The molecule has 2 aliphatic heterocycles. The normalized spacial score (nSPS) is 27.0. The van der Waals surface area contributed by atoms with E-state index in [0.29, 0.717) is 18.8 Å². The van der Waals surface area contributed by atoms with Crippen LogP contribution >= 0.6 is 11.8 Å². The zero-order valence-corrected chi connectivity index (χ0v) is 65.2. The molecule has 0 aromatic heterocycles. The van der Waals surface area contributed by atoms with Crippen LogP contribution in [0, 0.1) is 35.5 Å². The van der Waals surface area contributed by atoms with Gasteiger partial charge in [-0.25, -0.2) is 0 Å². The number of carbonyl (C=O) groups is 11. The highest BCUT2D eigenvalue weighted by molar-refractivity contribution is 7.99. The van der Waals surface area contributed by atoms with Gasteiger partial charge in [-0.15, -0.1) is 0 Å². The molecule has 0 radical (unpaired) electrons. The number of rotatable bonds is 22. The van der Waals surface area contributed by atoms with Crippen LogP contribution in [0.25, 0.3) is 0 Å². The lowest BCUT2D eigenvalue weighted by atomic mass is 9.91. The molecule has 0 spiro atoms. The lowest BCUT2D eigenvalue weighted by molar-refractivity contribution is -0.157. The molecular formula is C71H129N13O14S. The van der Waals surface area contributed by atoms with Gasteiger partial charge in [-0.3, -0.25) is 62.5 Å². The molecule has 0 unspecified atom stereocenters. The van der Waals surface area contributed by atoms with Crippen LogP contribution in [0.1, 0.15) is 156 Å². The molecule has 99 heavy (non-hydrogen) atoms. The van der Waals surface area contributed by atoms with Crippen molar-refractivity contribution in [2.75, 3.05) is 107 Å². The van der Waals surface area contributed by atoms with Gasteiger partial charge in [0, 0.05) is 107 Å². The summed E-state index contributed by atoms with van der Waals surface area (Å²) in [5.74, 6) is -9.89. The number of aliphatic hydroxyl groups excluding tert-OH is 2. The summed E-state index contributed by atoms with van der Waals surface area (Å²) >= 11 is 1.39. The molecule has 7 N–H and O–H groups in total. The first-order valence-electron chi connectivity index (χ1n) is 35.7. The summed E-state index contributed by atoms with van der Waals surface area (Å²) in [6, 6.07) is -14.5. The predicted octanol–water partition coefficient (Wildman–Crippen LogP) is 2.10. The van der Waals surface area contributed by atoms with Gasteiger partial charge in [0.1, 0.15) is 66.5 Å². The molecule has 568 valence electrons. The number of allylic oxidation sites excluding steroid dienone is 2. The van der Waals surface area contributed by atoms with Gasteiger partial charge in [0.15, 0.2) is 0 Å². The fourth-order valence-corrected chi connectivity index (χ4v) is 13.9. The van der Waals surface area contributed by atoms with Crippen LogP contribution in [0.5, 0.6) is 0 Å². The van der Waals surface area contributed by atoms with Crippen molar-refractivity contribution in [2.45, 2.75) is 234 Å². The van der Waals surface area contributed by atoms with E-state index in [2.05, 4.69) is 31.1 Å². The molecule has 2 fully saturated rings. The van der Waals surface area contributed by atoms with Gasteiger partial charge in [-0.1, -0.05) is 95.2 Å². The van der Waals surface area contributed by atoms with Crippen molar-refractivity contribution in [1.82, 2.24) is 65.4 Å². The summed E-state index contributed by atoms with van der Waals surface area (Å²) in [6.45, 7) is 33.2. The van der Waals surface area contributed by atoms with Crippen molar-refractivity contribution >= 4 is 76.7 Å². The molecule has 0 aromatic carbocycles. The maximum atomic E-state index is 15.5. The van der Waals surface area contributed by atoms with E-state index in [1.54, 1.807) is 60.6 Å². The number of nitrogens with one attached hydrogen (secondary N) is 4. The van der Waals surface area contributed by atoms with Gasteiger partial charge in [0.25, 0.3) is 0 Å². The quantitative estimate of drug-likeness (QED) is 0.0603. The van der Waals surface area contributed by atoms with Gasteiger partial charge < -0.3 is 70.9 Å². The summed E-state index contributed by atoms with van der Waals surface area (Å²) in [6.07, 6.45) is 2.30. The summed E-state index contributed by atoms with van der Waals surface area (Å²) in [5, 5.41) is 44.4. The Hall–Kier alpha value is -5.94. The molecule has 2 heterocycles. The molecule has 2 aliphatic rings. The molecule has 0 saturated carbocycles. The van der Waals surface area contributed by atoms with E-state index in [-0.39, 0.29) is 68.6 Å². The largest absolute Gasteiger partial charge is 0.395 e. The third-order valence-corrected chi connectivity index (χ3v) is 20.1. The third kappa shape index (κ3) is 26.1. The Labute approximate surface area is 596 Å². The molecule has 28 heteroatoms. The number of nitrogens with zero attached hydrogens (tertiary/aromatic N) is 9. The predicted molar refractivity (Wildman–Crippen MR) is 386 cm³/mol. The molecule has 11 amide bonds. The van der Waals surface area contributed by atoms with Crippen LogP contribution in [0.2, 0.25) is 0 Å². The number of piperazine rings is 1. The van der Waals surface area contributed by atoms with Crippen LogP contribution in [0.15, 0.2) is 12.2 Å². The van der Waals surface area contributed by atoms with Crippen molar-refractivity contribution < 1.29 is 68.1 Å². The molecule has 0 bridgehead atoms. The zero-order chi connectivity index (χ0) is 76.0. The molecule has 2 saturated heterocycles. The fourth-order valence-electron chi connectivity index (χ4n) is 12.7. The van der Waals surface area contributed by atoms with Crippen molar-refractivity contribution in [3.8, 4) is 0 Å². The minimum Gasteiger partial charge on any atom is -0.395 e. The first-order chi connectivity index (χ1) is 45.9. The third-order valence-electron chi connectivity index (χ3n) is 19.1. The highest BCUT2D eigenvalue weighted by Crippen LogP contribution is 2.27. The van der Waals surface area contributed by atoms with Crippen molar-refractivity contribution in [3.05, 3.63) is 12.2 Å². The summed E-state index contributed by atoms with van der Waals surface area (Å²) in [5.41, 5.74) is -1.60. The SMILES string of the molecule is C/C=C/C[C@@H](C)[C@@H](O)[C@H]1C(=O)N[C@@H](CC)C(=O)N(C)[C@H](CSCCN2CCN(CCO)CC2)C(=O)N(C)[C@@H](CC(C)(C)O)C(=O)N[C@@H](C(C)C)C(=O)N(C)[C@@H](CC(C)C)C(=O)N[C@@H](C)C(=O)N[C@H](C)C(=O)N(C)[C@@H](CC(C)C)C(=O)N(C)[C@@H](CC(C)C)C(=O)N(C)[C@@H](C(C)C)C(=O)N1C. The van der Waals surface area contributed by atoms with Gasteiger partial charge in [0.2, 0.25) is 65.0 Å². The first-order valence-corrected chi connectivity index (χ1v) is 36.8. The number of likely N-dealkylation sites (N-methyl/N-ethyl adjacent to an activating group) is 7. The molecule has 13 atom stereocenters. The molecule has 0 aliphatic carbocycles. The molecule has 27 nitrogen and oxygen atoms in total. The second-order valence-corrected chi connectivity index (χ2v) is 31.3. The average molecular weight is 1420 g/mol. The second-order valence-electron chi connectivity index (χ2n) is 30.2. The number of hydrogen-bond donors (Lipinski definition) is 7. The van der Waals surface area contributed by atoms with E-state index in [0.717, 1.165) is 36.0 Å². The van der Waals surface area contributed by atoms with Crippen LogP contribution in [0.3, 0.4) is 0 Å².